The fraction of sp³-hybridized carbons (Fsp3) is 0.357. The van der Waals surface area contributed by atoms with Crippen molar-refractivity contribution in [3.8, 4) is 17.2 Å². The Bertz CT molecular complexity index is 1330. The molecular formula is C28H30ClN3O6. The highest BCUT2D eigenvalue weighted by atomic mass is 35.5. The predicted molar refractivity (Wildman–Crippen MR) is 141 cm³/mol. The normalized spacial score (nSPS) is 19.3. The lowest BCUT2D eigenvalue weighted by molar-refractivity contribution is -0.140. The van der Waals surface area contributed by atoms with Crippen LogP contribution in [0.2, 0.25) is 5.02 Å². The summed E-state index contributed by atoms with van der Waals surface area (Å²) in [7, 11) is 3.18. The minimum absolute atomic E-state index is 0.0217. The Morgan fingerprint density at radius 3 is 2.53 bits per heavy atom. The maximum Gasteiger partial charge on any atom is 0.317 e. The number of carboxylic acid groups (broad SMARTS) is 1. The third kappa shape index (κ3) is 5.09. The second-order valence-corrected chi connectivity index (χ2v) is 9.78. The van der Waals surface area contributed by atoms with Crippen molar-refractivity contribution in [2.75, 3.05) is 46.9 Å². The summed E-state index contributed by atoms with van der Waals surface area (Å²) in [6.07, 6.45) is 0.951. The molecule has 2 atom stereocenters. The van der Waals surface area contributed by atoms with Gasteiger partial charge in [0.1, 0.15) is 12.2 Å². The standard InChI is InChI=1S/C28H30ClN3O6/c1-36-23-7-3-5-19(28(23)37-2)27-20-15-18(29)8-9-21(20)32-10-4-6-22(32)24(38-27)16-25(33)31-13-11-30(12-14-31)17-26(34)35/h3-10,15,24,27H,11-14,16-17H2,1-2H3,(H,34,35)/t24-,27-/m1/s1. The Hall–Kier alpha value is -3.53. The molecule has 9 nitrogen and oxygen atoms in total. The molecule has 10 heteroatoms. The SMILES string of the molecule is COc1cccc([C@H]2O[C@H](CC(=O)N3CCN(CC(=O)O)CC3)c3cccn3-c3ccc(Cl)cc32)c1OC. The van der Waals surface area contributed by atoms with Crippen LogP contribution < -0.4 is 9.47 Å². The zero-order valence-electron chi connectivity index (χ0n) is 21.3. The van der Waals surface area contributed by atoms with E-state index in [1.54, 1.807) is 19.1 Å². The number of hydrogen-bond acceptors (Lipinski definition) is 6. The molecule has 0 aliphatic carbocycles. The molecule has 2 aliphatic rings. The van der Waals surface area contributed by atoms with Crippen LogP contribution in [0, 0.1) is 0 Å². The number of halogens is 1. The van der Waals surface area contributed by atoms with Crippen LogP contribution in [0.1, 0.15) is 35.4 Å². The number of ether oxygens (including phenoxy) is 3. The summed E-state index contributed by atoms with van der Waals surface area (Å²) >= 11 is 6.46. The molecule has 2 aromatic carbocycles. The molecule has 0 radical (unpaired) electrons. The molecule has 0 saturated carbocycles. The summed E-state index contributed by atoms with van der Waals surface area (Å²) in [6, 6.07) is 15.2. The van der Waals surface area contributed by atoms with E-state index in [9.17, 15) is 9.59 Å². The number of aromatic nitrogens is 1. The molecule has 0 bridgehead atoms. The largest absolute Gasteiger partial charge is 0.493 e. The van der Waals surface area contributed by atoms with Crippen molar-refractivity contribution in [2.45, 2.75) is 18.6 Å². The molecule has 1 N–H and O–H groups in total. The van der Waals surface area contributed by atoms with Gasteiger partial charge in [-0.1, -0.05) is 23.7 Å². The van der Waals surface area contributed by atoms with E-state index >= 15 is 0 Å². The van der Waals surface area contributed by atoms with Crippen LogP contribution in [0.25, 0.3) is 5.69 Å². The highest BCUT2D eigenvalue weighted by molar-refractivity contribution is 6.30. The molecule has 2 aliphatic heterocycles. The van der Waals surface area contributed by atoms with Gasteiger partial charge in [-0.15, -0.1) is 0 Å². The topological polar surface area (TPSA) is 93.5 Å². The van der Waals surface area contributed by atoms with Crippen molar-refractivity contribution >= 4 is 23.5 Å². The van der Waals surface area contributed by atoms with Crippen molar-refractivity contribution in [3.05, 3.63) is 76.6 Å². The monoisotopic (exact) mass is 539 g/mol. The highest BCUT2D eigenvalue weighted by Gasteiger charge is 2.35. The number of para-hydroxylation sites is 1. The van der Waals surface area contributed by atoms with Gasteiger partial charge in [-0.25, -0.2) is 0 Å². The van der Waals surface area contributed by atoms with Crippen LogP contribution in [0.4, 0.5) is 0 Å². The second kappa shape index (κ2) is 11.1. The van der Waals surface area contributed by atoms with E-state index in [1.165, 1.54) is 0 Å². The number of aliphatic carboxylic acids is 1. The molecule has 200 valence electrons. The van der Waals surface area contributed by atoms with Gasteiger partial charge in [-0.2, -0.15) is 0 Å². The van der Waals surface area contributed by atoms with Crippen molar-refractivity contribution < 1.29 is 28.9 Å². The zero-order valence-corrected chi connectivity index (χ0v) is 22.1. The summed E-state index contributed by atoms with van der Waals surface area (Å²) in [4.78, 5) is 28.1. The molecule has 1 saturated heterocycles. The van der Waals surface area contributed by atoms with E-state index in [2.05, 4.69) is 0 Å². The van der Waals surface area contributed by atoms with Gasteiger partial charge in [0.2, 0.25) is 5.91 Å². The Morgan fingerprint density at radius 1 is 1.03 bits per heavy atom. The average Bonchev–Trinajstić information content (AvgIpc) is 3.36. The summed E-state index contributed by atoms with van der Waals surface area (Å²) in [6.45, 7) is 1.97. The van der Waals surface area contributed by atoms with Gasteiger partial charge in [0.25, 0.3) is 0 Å². The molecule has 3 aromatic rings. The Balaban J connectivity index is 1.49. The first kappa shape index (κ1) is 26.1. The maximum atomic E-state index is 13.5. The lowest BCUT2D eigenvalue weighted by atomic mass is 9.98. The first-order chi connectivity index (χ1) is 18.4. The number of piperazine rings is 1. The van der Waals surface area contributed by atoms with Crippen LogP contribution in [0.15, 0.2) is 54.7 Å². The fourth-order valence-corrected chi connectivity index (χ4v) is 5.46. The minimum Gasteiger partial charge on any atom is -0.493 e. The molecule has 5 rings (SSSR count). The van der Waals surface area contributed by atoms with Crippen LogP contribution >= 0.6 is 11.6 Å². The van der Waals surface area contributed by atoms with Gasteiger partial charge in [0.15, 0.2) is 11.5 Å². The molecule has 3 heterocycles. The van der Waals surface area contributed by atoms with Gasteiger partial charge in [-0.05, 0) is 36.4 Å². The number of carbonyl (C=O) groups excluding carboxylic acids is 1. The van der Waals surface area contributed by atoms with Gasteiger partial charge in [0, 0.05) is 48.5 Å². The number of amides is 1. The quantitative estimate of drug-likeness (QED) is 0.486. The lowest BCUT2D eigenvalue weighted by Gasteiger charge is -2.34. The first-order valence-electron chi connectivity index (χ1n) is 12.4. The molecule has 0 spiro atoms. The van der Waals surface area contributed by atoms with E-state index in [1.807, 2.05) is 64.2 Å². The van der Waals surface area contributed by atoms with E-state index in [4.69, 9.17) is 30.9 Å². The number of carbonyl (C=O) groups is 2. The van der Waals surface area contributed by atoms with E-state index < -0.39 is 18.2 Å². The molecule has 1 amide bonds. The van der Waals surface area contributed by atoms with Crippen molar-refractivity contribution in [2.24, 2.45) is 0 Å². The number of nitrogens with zero attached hydrogens (tertiary/aromatic N) is 3. The van der Waals surface area contributed by atoms with Crippen molar-refractivity contribution in [1.29, 1.82) is 0 Å². The Labute approximate surface area is 226 Å². The van der Waals surface area contributed by atoms with Crippen LogP contribution in [-0.4, -0.2) is 78.3 Å². The van der Waals surface area contributed by atoms with E-state index in [0.717, 1.165) is 22.5 Å². The summed E-state index contributed by atoms with van der Waals surface area (Å²) in [5.41, 5.74) is 3.37. The number of hydrogen-bond donors (Lipinski definition) is 1. The summed E-state index contributed by atoms with van der Waals surface area (Å²) in [5, 5.41) is 9.64. The van der Waals surface area contributed by atoms with E-state index in [-0.39, 0.29) is 18.9 Å². The van der Waals surface area contributed by atoms with E-state index in [0.29, 0.717) is 42.7 Å². The summed E-state index contributed by atoms with van der Waals surface area (Å²) < 4.78 is 20.1. The average molecular weight is 540 g/mol. The molecular weight excluding hydrogens is 510 g/mol. The Kier molecular flexibility index (Phi) is 7.60. The number of methoxy groups -OCH3 is 2. The first-order valence-corrected chi connectivity index (χ1v) is 12.8. The number of fused-ring (bicyclic) bond motifs is 3. The van der Waals surface area contributed by atoms with Gasteiger partial charge < -0.3 is 28.8 Å². The third-order valence-corrected chi connectivity index (χ3v) is 7.34. The summed E-state index contributed by atoms with van der Waals surface area (Å²) in [5.74, 6) is 0.221. The number of rotatable bonds is 7. The van der Waals surface area contributed by atoms with Crippen molar-refractivity contribution in [3.63, 3.8) is 0 Å². The number of carboxylic acids is 1. The molecule has 1 fully saturated rings. The van der Waals surface area contributed by atoms with Gasteiger partial charge in [0.05, 0.1) is 38.6 Å². The number of benzene rings is 2. The van der Waals surface area contributed by atoms with Crippen LogP contribution in [-0.2, 0) is 14.3 Å². The van der Waals surface area contributed by atoms with Crippen LogP contribution in [0.3, 0.4) is 0 Å². The maximum absolute atomic E-state index is 13.5. The smallest absolute Gasteiger partial charge is 0.317 e. The third-order valence-electron chi connectivity index (χ3n) is 7.10. The minimum atomic E-state index is -0.865. The fourth-order valence-electron chi connectivity index (χ4n) is 5.28. The Morgan fingerprint density at radius 2 is 1.82 bits per heavy atom. The van der Waals surface area contributed by atoms with Gasteiger partial charge >= 0.3 is 5.97 Å². The van der Waals surface area contributed by atoms with Crippen molar-refractivity contribution in [1.82, 2.24) is 14.4 Å². The highest BCUT2D eigenvalue weighted by Crippen LogP contribution is 2.46. The van der Waals surface area contributed by atoms with Crippen LogP contribution in [0.5, 0.6) is 11.5 Å². The molecule has 0 unspecified atom stereocenters. The second-order valence-electron chi connectivity index (χ2n) is 9.35. The predicted octanol–water partition coefficient (Wildman–Crippen LogP) is 3.93. The zero-order chi connectivity index (χ0) is 26.8. The van der Waals surface area contributed by atoms with Gasteiger partial charge in [-0.3, -0.25) is 14.5 Å². The molecule has 1 aromatic heterocycles. The molecule has 38 heavy (non-hydrogen) atoms. The lowest BCUT2D eigenvalue weighted by Crippen LogP contribution is -2.50.